The average Bonchev–Trinajstić information content (AvgIpc) is 3.32. The van der Waals surface area contributed by atoms with Crippen molar-refractivity contribution in [3.63, 3.8) is 0 Å². The second-order valence-electron chi connectivity index (χ2n) is 7.34. The molecule has 2 heterocycles. The number of carbonyl (C=O) groups is 1. The number of nitrogens with one attached hydrogen (secondary N) is 1. The van der Waals surface area contributed by atoms with E-state index in [1.54, 1.807) is 18.2 Å². The highest BCUT2D eigenvalue weighted by atomic mass is 19.4. The number of halogens is 3. The maximum absolute atomic E-state index is 13.4. The highest BCUT2D eigenvalue weighted by Crippen LogP contribution is 2.37. The van der Waals surface area contributed by atoms with Crippen molar-refractivity contribution in [2.45, 2.75) is 19.2 Å². The predicted molar refractivity (Wildman–Crippen MR) is 112 cm³/mol. The van der Waals surface area contributed by atoms with Crippen LogP contribution in [-0.4, -0.2) is 24.2 Å². The molecule has 0 saturated carbocycles. The minimum absolute atomic E-state index is 0.0836. The van der Waals surface area contributed by atoms with Crippen molar-refractivity contribution >= 4 is 11.5 Å². The lowest BCUT2D eigenvalue weighted by molar-refractivity contribution is -0.139. The lowest BCUT2D eigenvalue weighted by Gasteiger charge is -2.21. The molecule has 0 amide bonds. The topological polar surface area (TPSA) is 71.7 Å². The minimum atomic E-state index is -4.55. The fraction of sp³-hybridized carbons (Fsp3) is 0.208. The van der Waals surface area contributed by atoms with Crippen LogP contribution in [-0.2, 0) is 12.8 Å². The quantitative estimate of drug-likeness (QED) is 0.518. The molecule has 8 heteroatoms. The van der Waals surface area contributed by atoms with Crippen LogP contribution in [0.5, 0.6) is 5.75 Å². The number of carboxylic acid groups (broad SMARTS) is 1. The number of alkyl halides is 3. The fourth-order valence-electron chi connectivity index (χ4n) is 3.75. The first kappa shape index (κ1) is 21.7. The van der Waals surface area contributed by atoms with Gasteiger partial charge in [-0.2, -0.15) is 13.2 Å². The Hall–Kier alpha value is -3.52. The third kappa shape index (κ3) is 4.55. The first-order valence-electron chi connectivity index (χ1n) is 9.96. The van der Waals surface area contributed by atoms with Crippen LogP contribution >= 0.6 is 0 Å². The van der Waals surface area contributed by atoms with Crippen LogP contribution in [0.15, 0.2) is 65.5 Å². The zero-order chi connectivity index (χ0) is 22.7. The molecular formula is C24H20F3NO4. The Bertz CT molecular complexity index is 1150. The molecule has 2 aromatic carbocycles. The van der Waals surface area contributed by atoms with Crippen molar-refractivity contribution in [2.75, 3.05) is 13.1 Å². The molecule has 1 aliphatic heterocycles. The first-order valence-corrected chi connectivity index (χ1v) is 9.96. The highest BCUT2D eigenvalue weighted by molar-refractivity contribution is 5.97. The summed E-state index contributed by atoms with van der Waals surface area (Å²) in [6.07, 6.45) is 0.923. The van der Waals surface area contributed by atoms with E-state index in [1.165, 1.54) is 30.7 Å². The lowest BCUT2D eigenvalue weighted by Crippen LogP contribution is -2.20. The molecule has 0 spiro atoms. The summed E-state index contributed by atoms with van der Waals surface area (Å²) >= 11 is 0. The Morgan fingerprint density at radius 3 is 2.62 bits per heavy atom. The highest BCUT2D eigenvalue weighted by Gasteiger charge is 2.34. The average molecular weight is 443 g/mol. The second-order valence-corrected chi connectivity index (χ2v) is 7.34. The van der Waals surface area contributed by atoms with Gasteiger partial charge >= 0.3 is 12.1 Å². The van der Waals surface area contributed by atoms with E-state index in [1.807, 2.05) is 6.08 Å². The molecule has 1 aromatic heterocycles. The van der Waals surface area contributed by atoms with Crippen molar-refractivity contribution in [2.24, 2.45) is 0 Å². The molecule has 5 nitrogen and oxygen atoms in total. The van der Waals surface area contributed by atoms with E-state index in [0.29, 0.717) is 35.2 Å². The molecular weight excluding hydrogens is 423 g/mol. The molecule has 0 atom stereocenters. The maximum atomic E-state index is 13.4. The molecule has 3 aromatic rings. The number of carboxylic acids is 1. The molecule has 0 fully saturated rings. The van der Waals surface area contributed by atoms with E-state index < -0.39 is 17.7 Å². The van der Waals surface area contributed by atoms with E-state index >= 15 is 0 Å². The summed E-state index contributed by atoms with van der Waals surface area (Å²) in [5.41, 5.74) is 2.36. The molecule has 0 aliphatic carbocycles. The monoisotopic (exact) mass is 443 g/mol. The lowest BCUT2D eigenvalue weighted by atomic mass is 9.89. The summed E-state index contributed by atoms with van der Waals surface area (Å²) in [4.78, 5) is 12.0. The van der Waals surface area contributed by atoms with Gasteiger partial charge < -0.3 is 19.6 Å². The fourth-order valence-corrected chi connectivity index (χ4v) is 3.75. The van der Waals surface area contributed by atoms with Crippen molar-refractivity contribution in [1.82, 2.24) is 5.32 Å². The molecule has 0 bridgehead atoms. The molecule has 32 heavy (non-hydrogen) atoms. The second kappa shape index (κ2) is 8.92. The number of furan rings is 1. The van der Waals surface area contributed by atoms with Gasteiger partial charge in [-0.05, 0) is 65.6 Å². The minimum Gasteiger partial charge on any atom is -0.488 e. The SMILES string of the molecule is O=C(O)c1cc(C2=CCNCC2)c(COc2ccccc2C(F)(F)F)cc1-c1ccoc1. The summed E-state index contributed by atoms with van der Waals surface area (Å²) in [5.74, 6) is -1.38. The summed E-state index contributed by atoms with van der Waals surface area (Å²) in [6.45, 7) is 1.19. The van der Waals surface area contributed by atoms with Gasteiger partial charge in [-0.25, -0.2) is 4.79 Å². The summed E-state index contributed by atoms with van der Waals surface area (Å²) in [5, 5.41) is 13.0. The van der Waals surface area contributed by atoms with Crippen LogP contribution in [0.4, 0.5) is 13.2 Å². The van der Waals surface area contributed by atoms with E-state index in [0.717, 1.165) is 18.2 Å². The van der Waals surface area contributed by atoms with Crippen LogP contribution in [0, 0.1) is 0 Å². The van der Waals surface area contributed by atoms with Crippen LogP contribution < -0.4 is 10.1 Å². The molecule has 166 valence electrons. The van der Waals surface area contributed by atoms with Gasteiger partial charge in [-0.3, -0.25) is 0 Å². The molecule has 2 N–H and O–H groups in total. The molecule has 0 saturated heterocycles. The van der Waals surface area contributed by atoms with Crippen molar-refractivity contribution in [1.29, 1.82) is 0 Å². The van der Waals surface area contributed by atoms with Gasteiger partial charge in [0, 0.05) is 12.1 Å². The number of para-hydroxylation sites is 1. The number of benzene rings is 2. The largest absolute Gasteiger partial charge is 0.488 e. The number of hydrogen-bond donors (Lipinski definition) is 2. The number of rotatable bonds is 6. The summed E-state index contributed by atoms with van der Waals surface area (Å²) in [7, 11) is 0. The van der Waals surface area contributed by atoms with Crippen molar-refractivity contribution in [3.8, 4) is 16.9 Å². The van der Waals surface area contributed by atoms with Gasteiger partial charge in [-0.1, -0.05) is 18.2 Å². The van der Waals surface area contributed by atoms with E-state index in [2.05, 4.69) is 5.32 Å². The maximum Gasteiger partial charge on any atom is 0.419 e. The third-order valence-corrected chi connectivity index (χ3v) is 5.29. The smallest absolute Gasteiger partial charge is 0.419 e. The third-order valence-electron chi connectivity index (χ3n) is 5.29. The van der Waals surface area contributed by atoms with Gasteiger partial charge in [0.25, 0.3) is 0 Å². The zero-order valence-electron chi connectivity index (χ0n) is 16.9. The number of aromatic carboxylic acids is 1. The molecule has 1 aliphatic rings. The van der Waals surface area contributed by atoms with E-state index in [9.17, 15) is 23.1 Å². The van der Waals surface area contributed by atoms with E-state index in [4.69, 9.17) is 9.15 Å². The summed E-state index contributed by atoms with van der Waals surface area (Å²) < 4.78 is 50.8. The van der Waals surface area contributed by atoms with E-state index in [-0.39, 0.29) is 17.9 Å². The van der Waals surface area contributed by atoms with Crippen molar-refractivity contribution in [3.05, 3.63) is 83.3 Å². The Morgan fingerprint density at radius 2 is 1.97 bits per heavy atom. The Labute approximate surface area is 182 Å². The predicted octanol–water partition coefficient (Wildman–Crippen LogP) is 5.62. The Balaban J connectivity index is 1.79. The Morgan fingerprint density at radius 1 is 1.16 bits per heavy atom. The van der Waals surface area contributed by atoms with Gasteiger partial charge in [0.1, 0.15) is 12.4 Å². The molecule has 0 radical (unpaired) electrons. The molecule has 0 unspecified atom stereocenters. The van der Waals surface area contributed by atoms with Gasteiger partial charge in [0.05, 0.1) is 23.7 Å². The zero-order valence-corrected chi connectivity index (χ0v) is 16.9. The standard InChI is InChI=1S/C24H20F3NO4/c25-24(26,27)21-3-1-2-4-22(21)32-14-17-11-19(16-7-10-31-13-16)20(23(29)30)12-18(17)15-5-8-28-9-6-15/h1-5,7,10-13,28H,6,8-9,14H2,(H,29,30). The van der Waals surface area contributed by atoms with Gasteiger partial charge in [0.15, 0.2) is 0 Å². The van der Waals surface area contributed by atoms with Gasteiger partial charge in [-0.15, -0.1) is 0 Å². The van der Waals surface area contributed by atoms with Crippen LogP contribution in [0.1, 0.15) is 33.5 Å². The molecule has 4 rings (SSSR count). The van der Waals surface area contributed by atoms with Crippen LogP contribution in [0.25, 0.3) is 16.7 Å². The Kier molecular flexibility index (Phi) is 6.05. The van der Waals surface area contributed by atoms with Gasteiger partial charge in [0.2, 0.25) is 0 Å². The van der Waals surface area contributed by atoms with Crippen LogP contribution in [0.2, 0.25) is 0 Å². The van der Waals surface area contributed by atoms with Crippen LogP contribution in [0.3, 0.4) is 0 Å². The number of ether oxygens (including phenoxy) is 1. The summed E-state index contributed by atoms with van der Waals surface area (Å²) in [6, 6.07) is 9.88. The first-order chi connectivity index (χ1) is 15.3. The van der Waals surface area contributed by atoms with Crippen molar-refractivity contribution < 1.29 is 32.2 Å². The normalized spacial score (nSPS) is 14.2. The number of hydrogen-bond acceptors (Lipinski definition) is 4.